The van der Waals surface area contributed by atoms with Gasteiger partial charge in [0.15, 0.2) is 0 Å². The molecule has 1 atom stereocenters. The van der Waals surface area contributed by atoms with E-state index in [2.05, 4.69) is 20.3 Å². The summed E-state index contributed by atoms with van der Waals surface area (Å²) in [5.74, 6) is 1.30. The molecule has 140 valence electrons. The van der Waals surface area contributed by atoms with Crippen molar-refractivity contribution in [3.63, 3.8) is 0 Å². The predicted molar refractivity (Wildman–Crippen MR) is 99.1 cm³/mol. The number of aromatic nitrogens is 4. The molecular weight excluding hydrogens is 332 g/mol. The molecule has 26 heavy (non-hydrogen) atoms. The van der Waals surface area contributed by atoms with Gasteiger partial charge in [-0.1, -0.05) is 0 Å². The van der Waals surface area contributed by atoms with E-state index in [1.54, 1.807) is 25.5 Å². The molecule has 1 aliphatic rings. The number of nitrogens with one attached hydrogen (secondary N) is 1. The Hall–Kier alpha value is -2.64. The minimum atomic E-state index is -0.260. The molecule has 1 fully saturated rings. The van der Waals surface area contributed by atoms with Gasteiger partial charge in [-0.25, -0.2) is 9.67 Å². The Bertz CT molecular complexity index is 819. The van der Waals surface area contributed by atoms with Gasteiger partial charge in [0.2, 0.25) is 5.91 Å². The molecule has 8 heteroatoms. The van der Waals surface area contributed by atoms with Gasteiger partial charge in [0, 0.05) is 45.1 Å². The molecule has 3 heterocycles. The number of hydrogen-bond acceptors (Lipinski definition) is 5. The van der Waals surface area contributed by atoms with Crippen LogP contribution in [0.15, 0.2) is 29.5 Å². The monoisotopic (exact) mass is 358 g/mol. The smallest absolute Gasteiger partial charge is 0.268 e. The molecule has 8 nitrogen and oxygen atoms in total. The topological polar surface area (TPSA) is 85.1 Å². The summed E-state index contributed by atoms with van der Waals surface area (Å²) >= 11 is 0. The molecule has 0 unspecified atom stereocenters. The Balaban J connectivity index is 1.48. The zero-order valence-electron chi connectivity index (χ0n) is 15.6. The second kappa shape index (κ2) is 7.72. The average molecular weight is 358 g/mol. The van der Waals surface area contributed by atoms with Gasteiger partial charge >= 0.3 is 0 Å². The third-order valence-electron chi connectivity index (χ3n) is 5.16. The van der Waals surface area contributed by atoms with Crippen LogP contribution in [-0.4, -0.2) is 44.9 Å². The number of rotatable bonds is 5. The highest BCUT2D eigenvalue weighted by Gasteiger charge is 2.22. The van der Waals surface area contributed by atoms with Crippen molar-refractivity contribution in [2.24, 2.45) is 13.0 Å². The number of hydrogen-bond donors (Lipinski definition) is 1. The first kappa shape index (κ1) is 18.2. The standard InChI is InChI=1S/C18H26N6O2/c1-13(24-9-6-19-14(24)2)18(26)20-11-15-4-7-23(8-5-15)16-10-17(25)22(3)21-12-16/h6,9-10,12-13,15H,4-5,7-8,11H2,1-3H3,(H,20,26)/t13-/m0/s1. The summed E-state index contributed by atoms with van der Waals surface area (Å²) in [7, 11) is 1.65. The summed E-state index contributed by atoms with van der Waals surface area (Å²) in [5.41, 5.74) is 0.778. The largest absolute Gasteiger partial charge is 0.370 e. The number of imidazole rings is 1. The molecule has 0 bridgehead atoms. The molecule has 1 N–H and O–H groups in total. The van der Waals surface area contributed by atoms with Gasteiger partial charge in [0.25, 0.3) is 5.56 Å². The SMILES string of the molecule is Cc1nccn1[C@@H](C)C(=O)NCC1CCN(c2cnn(C)c(=O)c2)CC1. The minimum absolute atomic E-state index is 0.0179. The second-order valence-corrected chi connectivity index (χ2v) is 6.91. The quantitative estimate of drug-likeness (QED) is 0.858. The van der Waals surface area contributed by atoms with Crippen molar-refractivity contribution in [2.75, 3.05) is 24.5 Å². The number of amides is 1. The summed E-state index contributed by atoms with van der Waals surface area (Å²) in [6.45, 7) is 6.19. The molecular formula is C18H26N6O2. The summed E-state index contributed by atoms with van der Waals surface area (Å²) in [6.07, 6.45) is 7.23. The van der Waals surface area contributed by atoms with E-state index in [0.717, 1.165) is 37.4 Å². The van der Waals surface area contributed by atoms with Crippen molar-refractivity contribution in [2.45, 2.75) is 32.7 Å². The molecule has 0 radical (unpaired) electrons. The van der Waals surface area contributed by atoms with Crippen LogP contribution in [0.3, 0.4) is 0 Å². The molecule has 0 aromatic carbocycles. The Kier molecular flexibility index (Phi) is 5.39. The Labute approximate surface area is 152 Å². The molecule has 2 aromatic heterocycles. The molecule has 1 aliphatic heterocycles. The van der Waals surface area contributed by atoms with E-state index >= 15 is 0 Å². The lowest BCUT2D eigenvalue weighted by molar-refractivity contribution is -0.124. The lowest BCUT2D eigenvalue weighted by atomic mass is 9.96. The first-order valence-electron chi connectivity index (χ1n) is 9.01. The minimum Gasteiger partial charge on any atom is -0.370 e. The lowest BCUT2D eigenvalue weighted by Crippen LogP contribution is -2.40. The van der Waals surface area contributed by atoms with Crippen LogP contribution >= 0.6 is 0 Å². The van der Waals surface area contributed by atoms with Crippen molar-refractivity contribution < 1.29 is 4.79 Å². The van der Waals surface area contributed by atoms with Crippen LogP contribution in [0.5, 0.6) is 0 Å². The zero-order valence-corrected chi connectivity index (χ0v) is 15.6. The van der Waals surface area contributed by atoms with Gasteiger partial charge in [-0.15, -0.1) is 0 Å². The van der Waals surface area contributed by atoms with Crippen LogP contribution < -0.4 is 15.8 Å². The van der Waals surface area contributed by atoms with Gasteiger partial charge in [-0.05, 0) is 32.6 Å². The number of aryl methyl sites for hydroxylation is 2. The molecule has 0 spiro atoms. The van der Waals surface area contributed by atoms with E-state index in [1.165, 1.54) is 4.68 Å². The van der Waals surface area contributed by atoms with Gasteiger partial charge < -0.3 is 14.8 Å². The lowest BCUT2D eigenvalue weighted by Gasteiger charge is -2.33. The van der Waals surface area contributed by atoms with Crippen LogP contribution in [0, 0.1) is 12.8 Å². The fraction of sp³-hybridized carbons (Fsp3) is 0.556. The highest BCUT2D eigenvalue weighted by atomic mass is 16.2. The van der Waals surface area contributed by atoms with Crippen molar-refractivity contribution in [1.82, 2.24) is 24.6 Å². The highest BCUT2D eigenvalue weighted by Crippen LogP contribution is 2.21. The zero-order chi connectivity index (χ0) is 18.7. The second-order valence-electron chi connectivity index (χ2n) is 6.91. The highest BCUT2D eigenvalue weighted by molar-refractivity contribution is 5.79. The van der Waals surface area contributed by atoms with E-state index in [0.29, 0.717) is 12.5 Å². The van der Waals surface area contributed by atoms with E-state index in [-0.39, 0.29) is 17.5 Å². The number of anilines is 1. The first-order valence-corrected chi connectivity index (χ1v) is 9.01. The van der Waals surface area contributed by atoms with Gasteiger partial charge in [0.05, 0.1) is 11.9 Å². The van der Waals surface area contributed by atoms with Crippen molar-refractivity contribution >= 4 is 11.6 Å². The van der Waals surface area contributed by atoms with Crippen LogP contribution in [0.25, 0.3) is 0 Å². The number of carbonyl (C=O) groups excluding carboxylic acids is 1. The molecule has 2 aromatic rings. The summed E-state index contributed by atoms with van der Waals surface area (Å²) in [4.78, 5) is 30.5. The first-order chi connectivity index (χ1) is 12.5. The van der Waals surface area contributed by atoms with E-state index in [1.807, 2.05) is 24.6 Å². The van der Waals surface area contributed by atoms with Gasteiger partial charge in [0.1, 0.15) is 11.9 Å². The number of piperidine rings is 1. The Morgan fingerprint density at radius 3 is 2.73 bits per heavy atom. The maximum absolute atomic E-state index is 12.4. The summed E-state index contributed by atoms with van der Waals surface area (Å²) in [5, 5.41) is 7.15. The Morgan fingerprint density at radius 1 is 1.38 bits per heavy atom. The molecule has 0 aliphatic carbocycles. The fourth-order valence-corrected chi connectivity index (χ4v) is 3.34. The number of nitrogens with zero attached hydrogens (tertiary/aromatic N) is 5. The van der Waals surface area contributed by atoms with Gasteiger partial charge in [-0.2, -0.15) is 5.10 Å². The molecule has 3 rings (SSSR count). The average Bonchev–Trinajstić information content (AvgIpc) is 3.07. The van der Waals surface area contributed by atoms with Crippen molar-refractivity contribution in [3.05, 3.63) is 40.8 Å². The molecule has 1 amide bonds. The summed E-state index contributed by atoms with van der Waals surface area (Å²) < 4.78 is 3.20. The van der Waals surface area contributed by atoms with E-state index in [9.17, 15) is 9.59 Å². The normalized spacial score (nSPS) is 16.5. The van der Waals surface area contributed by atoms with Crippen molar-refractivity contribution in [1.29, 1.82) is 0 Å². The van der Waals surface area contributed by atoms with Gasteiger partial charge in [-0.3, -0.25) is 9.59 Å². The van der Waals surface area contributed by atoms with Crippen LogP contribution in [0.1, 0.15) is 31.6 Å². The summed E-state index contributed by atoms with van der Waals surface area (Å²) in [6, 6.07) is 1.37. The van der Waals surface area contributed by atoms with Crippen LogP contribution in [0.4, 0.5) is 5.69 Å². The van der Waals surface area contributed by atoms with Crippen molar-refractivity contribution in [3.8, 4) is 0 Å². The van der Waals surface area contributed by atoms with Crippen LogP contribution in [-0.2, 0) is 11.8 Å². The maximum Gasteiger partial charge on any atom is 0.268 e. The molecule has 1 saturated heterocycles. The maximum atomic E-state index is 12.4. The third-order valence-corrected chi connectivity index (χ3v) is 5.16. The Morgan fingerprint density at radius 2 is 2.12 bits per heavy atom. The number of carbonyl (C=O) groups is 1. The fourth-order valence-electron chi connectivity index (χ4n) is 3.34. The molecule has 0 saturated carbocycles. The van der Waals surface area contributed by atoms with E-state index in [4.69, 9.17) is 0 Å². The van der Waals surface area contributed by atoms with E-state index < -0.39 is 0 Å². The third kappa shape index (κ3) is 3.95. The predicted octanol–water partition coefficient (Wildman–Crippen LogP) is 0.879. The van der Waals surface area contributed by atoms with Crippen LogP contribution in [0.2, 0.25) is 0 Å².